The third-order valence-corrected chi connectivity index (χ3v) is 6.66. The fourth-order valence-corrected chi connectivity index (χ4v) is 4.75. The lowest BCUT2D eigenvalue weighted by atomic mass is 9.87. The van der Waals surface area contributed by atoms with Crippen LogP contribution in [0.25, 0.3) is 0 Å². The van der Waals surface area contributed by atoms with Gasteiger partial charge in [0.1, 0.15) is 0 Å². The summed E-state index contributed by atoms with van der Waals surface area (Å²) in [6, 6.07) is 2.25. The molecule has 2 aliphatic rings. The van der Waals surface area contributed by atoms with Gasteiger partial charge in [-0.25, -0.2) is 0 Å². The minimum absolute atomic E-state index is 0.692. The Morgan fingerprint density at radius 1 is 1.14 bits per heavy atom. The third-order valence-electron chi connectivity index (χ3n) is 6.66. The molecule has 2 heteroatoms. The van der Waals surface area contributed by atoms with Crippen LogP contribution >= 0.6 is 0 Å². The largest absolute Gasteiger partial charge is 0.311 e. The van der Waals surface area contributed by atoms with Crippen molar-refractivity contribution in [2.24, 2.45) is 23.7 Å². The Morgan fingerprint density at radius 2 is 1.86 bits per heavy atom. The van der Waals surface area contributed by atoms with E-state index in [0.29, 0.717) is 6.04 Å². The molecule has 0 amide bonds. The number of piperazine rings is 1. The van der Waals surface area contributed by atoms with Crippen molar-refractivity contribution in [2.75, 3.05) is 13.1 Å². The van der Waals surface area contributed by atoms with Gasteiger partial charge >= 0.3 is 0 Å². The van der Waals surface area contributed by atoms with Crippen molar-refractivity contribution < 1.29 is 0 Å². The summed E-state index contributed by atoms with van der Waals surface area (Å²) in [7, 11) is 0. The lowest BCUT2D eigenvalue weighted by Crippen LogP contribution is -2.63. The van der Waals surface area contributed by atoms with Crippen LogP contribution in [-0.2, 0) is 0 Å². The van der Waals surface area contributed by atoms with Gasteiger partial charge in [0.05, 0.1) is 0 Å². The first-order valence-electron chi connectivity index (χ1n) is 9.48. The molecule has 0 aromatic rings. The normalized spacial score (nSPS) is 39.9. The Balaban J connectivity index is 2.11. The van der Waals surface area contributed by atoms with E-state index in [1.807, 2.05) is 0 Å². The highest BCUT2D eigenvalue weighted by molar-refractivity contribution is 4.97. The minimum Gasteiger partial charge on any atom is -0.311 e. The number of hydrogen-bond donors (Lipinski definition) is 1. The van der Waals surface area contributed by atoms with Crippen molar-refractivity contribution in [3.63, 3.8) is 0 Å². The van der Waals surface area contributed by atoms with Crippen molar-refractivity contribution in [3.05, 3.63) is 0 Å². The van der Waals surface area contributed by atoms with E-state index in [4.69, 9.17) is 0 Å². The molecule has 2 fully saturated rings. The second kappa shape index (κ2) is 7.46. The van der Waals surface area contributed by atoms with E-state index >= 15 is 0 Å². The predicted octanol–water partition coefficient (Wildman–Crippen LogP) is 4.16. The van der Waals surface area contributed by atoms with Crippen molar-refractivity contribution >= 4 is 0 Å². The maximum absolute atomic E-state index is 3.85. The molecule has 0 aromatic heterocycles. The first-order valence-corrected chi connectivity index (χ1v) is 9.48. The molecular weight excluding hydrogens is 256 g/mol. The lowest BCUT2D eigenvalue weighted by Gasteiger charge is -2.48. The monoisotopic (exact) mass is 294 g/mol. The maximum atomic E-state index is 3.85. The molecule has 0 aromatic carbocycles. The molecule has 2 nitrogen and oxygen atoms in total. The SMILES string of the molecule is CCC(C)C1CN(C2CCC(CC)C2C)C(C(C)C)CN1. The Kier molecular flexibility index (Phi) is 6.14. The number of nitrogens with one attached hydrogen (secondary N) is 1. The number of rotatable bonds is 5. The smallest absolute Gasteiger partial charge is 0.0247 e. The molecule has 1 saturated carbocycles. The van der Waals surface area contributed by atoms with E-state index in [2.05, 4.69) is 51.8 Å². The van der Waals surface area contributed by atoms with Crippen LogP contribution in [0, 0.1) is 23.7 Å². The molecule has 0 spiro atoms. The first kappa shape index (κ1) is 17.3. The standard InChI is InChI=1S/C19H38N2/c1-7-14(5)17-12-21(19(11-20-17)13(3)4)18-10-9-16(8-2)15(18)6/h13-20H,7-12H2,1-6H3. The third kappa shape index (κ3) is 3.64. The molecule has 6 atom stereocenters. The summed E-state index contributed by atoms with van der Waals surface area (Å²) in [4.78, 5) is 2.92. The summed E-state index contributed by atoms with van der Waals surface area (Å²) in [5, 5.41) is 3.85. The van der Waals surface area contributed by atoms with Gasteiger partial charge in [-0.05, 0) is 36.5 Å². The van der Waals surface area contributed by atoms with Crippen molar-refractivity contribution in [3.8, 4) is 0 Å². The molecule has 2 rings (SSSR count). The highest BCUT2D eigenvalue weighted by Crippen LogP contribution is 2.39. The second-order valence-electron chi connectivity index (χ2n) is 8.08. The average Bonchev–Trinajstić information content (AvgIpc) is 2.86. The van der Waals surface area contributed by atoms with Gasteiger partial charge in [-0.15, -0.1) is 0 Å². The van der Waals surface area contributed by atoms with E-state index in [1.165, 1.54) is 38.8 Å². The summed E-state index contributed by atoms with van der Waals surface area (Å²) in [6.07, 6.45) is 5.53. The molecular formula is C19H38N2. The van der Waals surface area contributed by atoms with Crippen LogP contribution in [0.15, 0.2) is 0 Å². The lowest BCUT2D eigenvalue weighted by molar-refractivity contribution is 0.0269. The summed E-state index contributed by atoms with van der Waals surface area (Å²) in [6.45, 7) is 16.9. The summed E-state index contributed by atoms with van der Waals surface area (Å²) < 4.78 is 0. The molecule has 1 saturated heterocycles. The summed E-state index contributed by atoms with van der Waals surface area (Å²) in [5.74, 6) is 3.38. The van der Waals surface area contributed by atoms with Crippen LogP contribution in [0.2, 0.25) is 0 Å². The van der Waals surface area contributed by atoms with Gasteiger partial charge in [0.2, 0.25) is 0 Å². The van der Waals surface area contributed by atoms with Crippen LogP contribution in [0.1, 0.15) is 67.2 Å². The second-order valence-corrected chi connectivity index (χ2v) is 8.08. The topological polar surface area (TPSA) is 15.3 Å². The molecule has 124 valence electrons. The van der Waals surface area contributed by atoms with Crippen LogP contribution in [0.5, 0.6) is 0 Å². The Morgan fingerprint density at radius 3 is 2.38 bits per heavy atom. The molecule has 1 heterocycles. The zero-order valence-electron chi connectivity index (χ0n) is 15.2. The Hall–Kier alpha value is -0.0800. The zero-order chi connectivity index (χ0) is 15.6. The number of hydrogen-bond acceptors (Lipinski definition) is 2. The van der Waals surface area contributed by atoms with Gasteiger partial charge in [-0.2, -0.15) is 0 Å². The maximum Gasteiger partial charge on any atom is 0.0247 e. The number of nitrogens with zero attached hydrogens (tertiary/aromatic N) is 1. The van der Waals surface area contributed by atoms with E-state index in [9.17, 15) is 0 Å². The Bertz CT molecular complexity index is 315. The summed E-state index contributed by atoms with van der Waals surface area (Å²) >= 11 is 0. The quantitative estimate of drug-likeness (QED) is 0.819. The predicted molar refractivity (Wildman–Crippen MR) is 92.5 cm³/mol. The first-order chi connectivity index (χ1) is 9.99. The van der Waals surface area contributed by atoms with Crippen LogP contribution < -0.4 is 5.32 Å². The van der Waals surface area contributed by atoms with Crippen molar-refractivity contribution in [2.45, 2.75) is 85.4 Å². The van der Waals surface area contributed by atoms with E-state index in [0.717, 1.165) is 35.8 Å². The van der Waals surface area contributed by atoms with Crippen LogP contribution in [-0.4, -0.2) is 36.1 Å². The molecule has 6 unspecified atom stereocenters. The molecule has 1 aliphatic heterocycles. The average molecular weight is 295 g/mol. The van der Waals surface area contributed by atoms with Gasteiger partial charge in [0.15, 0.2) is 0 Å². The van der Waals surface area contributed by atoms with Gasteiger partial charge in [-0.1, -0.05) is 54.4 Å². The van der Waals surface area contributed by atoms with Gasteiger partial charge < -0.3 is 5.32 Å². The highest BCUT2D eigenvalue weighted by Gasteiger charge is 2.41. The molecule has 1 N–H and O–H groups in total. The zero-order valence-corrected chi connectivity index (χ0v) is 15.2. The highest BCUT2D eigenvalue weighted by atomic mass is 15.3. The van der Waals surface area contributed by atoms with Gasteiger partial charge in [-0.3, -0.25) is 4.90 Å². The van der Waals surface area contributed by atoms with E-state index in [1.54, 1.807) is 0 Å². The molecule has 0 bridgehead atoms. The van der Waals surface area contributed by atoms with Crippen LogP contribution in [0.4, 0.5) is 0 Å². The van der Waals surface area contributed by atoms with E-state index < -0.39 is 0 Å². The van der Waals surface area contributed by atoms with Crippen molar-refractivity contribution in [1.29, 1.82) is 0 Å². The van der Waals surface area contributed by atoms with Gasteiger partial charge in [0, 0.05) is 31.2 Å². The molecule has 0 radical (unpaired) electrons. The summed E-state index contributed by atoms with van der Waals surface area (Å²) in [5.41, 5.74) is 0. The fourth-order valence-electron chi connectivity index (χ4n) is 4.75. The van der Waals surface area contributed by atoms with E-state index in [-0.39, 0.29) is 0 Å². The molecule has 1 aliphatic carbocycles. The van der Waals surface area contributed by atoms with Crippen molar-refractivity contribution in [1.82, 2.24) is 10.2 Å². The Labute approximate surface area is 133 Å². The minimum atomic E-state index is 0.692. The molecule has 21 heavy (non-hydrogen) atoms. The van der Waals surface area contributed by atoms with Crippen LogP contribution in [0.3, 0.4) is 0 Å². The van der Waals surface area contributed by atoms with Gasteiger partial charge in [0.25, 0.3) is 0 Å². The fraction of sp³-hybridized carbons (Fsp3) is 1.00.